The van der Waals surface area contributed by atoms with E-state index in [2.05, 4.69) is 10.1 Å². The van der Waals surface area contributed by atoms with Crippen LogP contribution in [-0.2, 0) is 4.74 Å². The molecule has 0 aliphatic carbocycles. The number of hydrogen-bond donors (Lipinski definition) is 1. The first-order chi connectivity index (χ1) is 15.2. The highest BCUT2D eigenvalue weighted by Crippen LogP contribution is 2.31. The van der Waals surface area contributed by atoms with Crippen LogP contribution in [0.3, 0.4) is 0 Å². The third-order valence-corrected chi connectivity index (χ3v) is 4.81. The number of carbonyl (C=O) groups is 2. The van der Waals surface area contributed by atoms with Gasteiger partial charge in [0.15, 0.2) is 0 Å². The number of halogens is 2. The Kier molecular flexibility index (Phi) is 8.22. The van der Waals surface area contributed by atoms with Gasteiger partial charge in [-0.3, -0.25) is 14.9 Å². The number of nitro groups is 1. The fraction of sp³-hybridized carbons (Fsp3) is 0.364. The number of methoxy groups -OCH3 is 1. The average molecular weight is 449 g/mol. The predicted molar refractivity (Wildman–Crippen MR) is 116 cm³/mol. The summed E-state index contributed by atoms with van der Waals surface area (Å²) in [5, 5.41) is 14.4. The number of piperidine rings is 1. The van der Waals surface area contributed by atoms with Crippen molar-refractivity contribution in [3.63, 3.8) is 0 Å². The standard InChI is InChI=1S/C20H19F2N3O5.C2H6/c1-30-19(27)13-2-5-15(6-3-13)23-16-7-4-14(12-17(16)25(28)29)18(26)24-10-8-20(21,22)9-11-24;1-2/h2-7,12,23H,8-11H2,1H3;1-2H3. The SMILES string of the molecule is CC.COC(=O)c1ccc(Nc2ccc(C(=O)N3CCC(F)(F)CC3)cc2[N+](=O)[O-])cc1. The number of nitro benzene ring substituents is 1. The maximum atomic E-state index is 13.3. The molecular weight excluding hydrogens is 424 g/mol. The number of esters is 1. The Labute approximate surface area is 184 Å². The molecule has 0 saturated carbocycles. The summed E-state index contributed by atoms with van der Waals surface area (Å²) in [6, 6.07) is 10.0. The molecular formula is C22H25F2N3O5. The largest absolute Gasteiger partial charge is 0.465 e. The van der Waals surface area contributed by atoms with E-state index in [1.165, 1.54) is 36.3 Å². The van der Waals surface area contributed by atoms with Crippen molar-refractivity contribution in [2.45, 2.75) is 32.6 Å². The van der Waals surface area contributed by atoms with Crippen molar-refractivity contribution in [1.29, 1.82) is 0 Å². The van der Waals surface area contributed by atoms with Crippen molar-refractivity contribution in [1.82, 2.24) is 4.90 Å². The zero-order chi connectivity index (χ0) is 23.9. The Morgan fingerprint density at radius 2 is 1.62 bits per heavy atom. The molecule has 0 atom stereocenters. The molecule has 0 bridgehead atoms. The smallest absolute Gasteiger partial charge is 0.337 e. The van der Waals surface area contributed by atoms with Gasteiger partial charge in [0.05, 0.1) is 17.6 Å². The Hall–Kier alpha value is -3.56. The van der Waals surface area contributed by atoms with Crippen molar-refractivity contribution < 1.29 is 28.0 Å². The van der Waals surface area contributed by atoms with Gasteiger partial charge in [0, 0.05) is 43.2 Å². The highest BCUT2D eigenvalue weighted by Gasteiger charge is 2.36. The molecule has 8 nitrogen and oxygen atoms in total. The van der Waals surface area contributed by atoms with Crippen LogP contribution < -0.4 is 5.32 Å². The van der Waals surface area contributed by atoms with Crippen LogP contribution in [0.2, 0.25) is 0 Å². The number of ether oxygens (including phenoxy) is 1. The van der Waals surface area contributed by atoms with Crippen molar-refractivity contribution in [3.05, 3.63) is 63.7 Å². The average Bonchev–Trinajstić information content (AvgIpc) is 2.80. The molecule has 0 radical (unpaired) electrons. The zero-order valence-corrected chi connectivity index (χ0v) is 18.1. The van der Waals surface area contributed by atoms with E-state index in [9.17, 15) is 28.5 Å². The number of nitrogens with one attached hydrogen (secondary N) is 1. The monoisotopic (exact) mass is 449 g/mol. The summed E-state index contributed by atoms with van der Waals surface area (Å²) in [6.45, 7) is 3.79. The van der Waals surface area contributed by atoms with Gasteiger partial charge >= 0.3 is 5.97 Å². The van der Waals surface area contributed by atoms with Gasteiger partial charge in [0.25, 0.3) is 17.5 Å². The van der Waals surface area contributed by atoms with Crippen LogP contribution in [0.4, 0.5) is 25.8 Å². The van der Waals surface area contributed by atoms with Crippen LogP contribution in [0, 0.1) is 10.1 Å². The number of likely N-dealkylation sites (tertiary alicyclic amines) is 1. The number of carbonyl (C=O) groups excluding carboxylic acids is 2. The summed E-state index contributed by atoms with van der Waals surface area (Å²) in [6.07, 6.45) is -0.857. The molecule has 3 rings (SSSR count). The molecule has 0 spiro atoms. The lowest BCUT2D eigenvalue weighted by Crippen LogP contribution is -2.42. The predicted octanol–water partition coefficient (Wildman–Crippen LogP) is 5.02. The van der Waals surface area contributed by atoms with E-state index in [4.69, 9.17) is 0 Å². The van der Waals surface area contributed by atoms with Gasteiger partial charge in [0.2, 0.25) is 0 Å². The van der Waals surface area contributed by atoms with Gasteiger partial charge in [-0.2, -0.15) is 0 Å². The van der Waals surface area contributed by atoms with Gasteiger partial charge in [-0.15, -0.1) is 0 Å². The second-order valence-corrected chi connectivity index (χ2v) is 6.83. The summed E-state index contributed by atoms with van der Waals surface area (Å²) in [4.78, 5) is 36.2. The van der Waals surface area contributed by atoms with Gasteiger partial charge in [0.1, 0.15) is 5.69 Å². The molecule has 1 fully saturated rings. The first-order valence-corrected chi connectivity index (χ1v) is 10.1. The number of rotatable bonds is 5. The second kappa shape index (κ2) is 10.7. The van der Waals surface area contributed by atoms with Crippen molar-refractivity contribution in [2.24, 2.45) is 0 Å². The van der Waals surface area contributed by atoms with Crippen molar-refractivity contribution >= 4 is 28.9 Å². The fourth-order valence-electron chi connectivity index (χ4n) is 3.10. The third kappa shape index (κ3) is 5.99. The van der Waals surface area contributed by atoms with Crippen LogP contribution in [0.5, 0.6) is 0 Å². The molecule has 2 aromatic carbocycles. The van der Waals surface area contributed by atoms with Crippen LogP contribution >= 0.6 is 0 Å². The number of amides is 1. The topological polar surface area (TPSA) is 102 Å². The van der Waals surface area contributed by atoms with E-state index in [1.807, 2.05) is 13.8 Å². The molecule has 1 aliphatic heterocycles. The maximum absolute atomic E-state index is 13.3. The highest BCUT2D eigenvalue weighted by molar-refractivity contribution is 5.96. The van der Waals surface area contributed by atoms with E-state index >= 15 is 0 Å². The summed E-state index contributed by atoms with van der Waals surface area (Å²) in [7, 11) is 1.26. The first-order valence-electron chi connectivity index (χ1n) is 10.1. The molecule has 1 N–H and O–H groups in total. The lowest BCUT2D eigenvalue weighted by molar-refractivity contribution is -0.383. The molecule has 1 amide bonds. The van der Waals surface area contributed by atoms with Crippen LogP contribution in [0.1, 0.15) is 47.4 Å². The molecule has 0 unspecified atom stereocenters. The minimum atomic E-state index is -2.79. The Balaban J connectivity index is 0.00000176. The summed E-state index contributed by atoms with van der Waals surface area (Å²) in [5.41, 5.74) is 0.681. The summed E-state index contributed by atoms with van der Waals surface area (Å²) < 4.78 is 31.2. The van der Waals surface area contributed by atoms with Gasteiger partial charge < -0.3 is 15.0 Å². The first kappa shape index (κ1) is 24.7. The number of alkyl halides is 2. The quantitative estimate of drug-likeness (QED) is 0.391. The van der Waals surface area contributed by atoms with Gasteiger partial charge in [-0.05, 0) is 36.4 Å². The van der Waals surface area contributed by atoms with Gasteiger partial charge in [-0.25, -0.2) is 13.6 Å². The van der Waals surface area contributed by atoms with E-state index < -0.39 is 35.6 Å². The van der Waals surface area contributed by atoms with E-state index in [-0.39, 0.29) is 30.0 Å². The Bertz CT molecular complexity index is 970. The molecule has 10 heteroatoms. The normalized spacial score (nSPS) is 14.6. The maximum Gasteiger partial charge on any atom is 0.337 e. The van der Waals surface area contributed by atoms with Crippen LogP contribution in [0.25, 0.3) is 0 Å². The lowest BCUT2D eigenvalue weighted by atomic mass is 10.0. The van der Waals surface area contributed by atoms with E-state index in [0.29, 0.717) is 11.3 Å². The molecule has 32 heavy (non-hydrogen) atoms. The fourth-order valence-corrected chi connectivity index (χ4v) is 3.10. The van der Waals surface area contributed by atoms with Crippen LogP contribution in [-0.4, -0.2) is 47.8 Å². The van der Waals surface area contributed by atoms with Crippen LogP contribution in [0.15, 0.2) is 42.5 Å². The Morgan fingerprint density at radius 3 is 2.16 bits per heavy atom. The van der Waals surface area contributed by atoms with Crippen molar-refractivity contribution in [2.75, 3.05) is 25.5 Å². The summed E-state index contributed by atoms with van der Waals surface area (Å²) in [5.74, 6) is -3.83. The molecule has 1 aliphatic rings. The van der Waals surface area contributed by atoms with Crippen molar-refractivity contribution in [3.8, 4) is 0 Å². The molecule has 172 valence electrons. The number of anilines is 2. The molecule has 0 aromatic heterocycles. The molecule has 1 saturated heterocycles. The zero-order valence-electron chi connectivity index (χ0n) is 18.1. The number of benzene rings is 2. The molecule has 1 heterocycles. The van der Waals surface area contributed by atoms with Gasteiger partial charge in [-0.1, -0.05) is 13.8 Å². The minimum Gasteiger partial charge on any atom is -0.465 e. The summed E-state index contributed by atoms with van der Waals surface area (Å²) >= 11 is 0. The highest BCUT2D eigenvalue weighted by atomic mass is 19.3. The second-order valence-electron chi connectivity index (χ2n) is 6.83. The minimum absolute atomic E-state index is 0.0542. The third-order valence-electron chi connectivity index (χ3n) is 4.81. The van der Waals surface area contributed by atoms with E-state index in [0.717, 1.165) is 6.07 Å². The lowest BCUT2D eigenvalue weighted by Gasteiger charge is -2.31. The molecule has 2 aromatic rings. The Morgan fingerprint density at radius 1 is 1.06 bits per heavy atom. The van der Waals surface area contributed by atoms with E-state index in [1.54, 1.807) is 12.1 Å². The number of hydrogen-bond acceptors (Lipinski definition) is 6. The number of nitrogens with zero attached hydrogens (tertiary/aromatic N) is 2.